The molecule has 2 aliphatic carbocycles. The van der Waals surface area contributed by atoms with E-state index >= 15 is 0 Å². The minimum Gasteiger partial charge on any atom is -0.273 e. The summed E-state index contributed by atoms with van der Waals surface area (Å²) in [5.74, 6) is 7.24. The number of rotatable bonds is 6. The van der Waals surface area contributed by atoms with Gasteiger partial charge in [0, 0.05) is 18.3 Å². The van der Waals surface area contributed by atoms with E-state index in [-0.39, 0.29) is 38.4 Å². The standard InChI is InChI=1S/C27H44INO3SSi2/c1-26(2)22-15-16-27(26)20-33(31,32)29(23(27)19-22)25(30)24(28)21(13-9-11-17-34(3,4)5)14-10-12-18-35(6,7)8/h21-24H,9-10,13-16,19-20H2,1-8H3/t22-,23-,24?,27-/m1/s1. The van der Waals surface area contributed by atoms with Crippen molar-refractivity contribution in [2.75, 3.05) is 5.75 Å². The fourth-order valence-electron chi connectivity index (χ4n) is 6.51. The highest BCUT2D eigenvalue weighted by atomic mass is 127. The maximum Gasteiger partial charge on any atom is 0.249 e. The summed E-state index contributed by atoms with van der Waals surface area (Å²) >= 11 is 2.23. The van der Waals surface area contributed by atoms with Gasteiger partial charge in [0.15, 0.2) is 0 Å². The topological polar surface area (TPSA) is 54.5 Å². The third-order valence-corrected chi connectivity index (χ3v) is 13.8. The highest BCUT2D eigenvalue weighted by molar-refractivity contribution is 14.1. The maximum absolute atomic E-state index is 13.9. The first kappa shape index (κ1) is 29.3. The number of hydrogen-bond donors (Lipinski definition) is 0. The van der Waals surface area contributed by atoms with Gasteiger partial charge in [-0.05, 0) is 49.4 Å². The molecule has 0 N–H and O–H groups in total. The molecule has 0 aromatic rings. The largest absolute Gasteiger partial charge is 0.273 e. The van der Waals surface area contributed by atoms with Crippen LogP contribution in [0.4, 0.5) is 0 Å². The molecule has 3 rings (SSSR count). The molecule has 4 nitrogen and oxygen atoms in total. The second-order valence-corrected chi connectivity index (χ2v) is 26.3. The van der Waals surface area contributed by atoms with Crippen LogP contribution >= 0.6 is 22.6 Å². The second kappa shape index (κ2) is 10.1. The highest BCUT2D eigenvalue weighted by Gasteiger charge is 2.72. The fraction of sp³-hybridized carbons (Fsp3) is 0.815. The molecule has 0 aromatic carbocycles. The van der Waals surface area contributed by atoms with Crippen molar-refractivity contribution in [1.29, 1.82) is 0 Å². The van der Waals surface area contributed by atoms with Gasteiger partial charge >= 0.3 is 0 Å². The smallest absolute Gasteiger partial charge is 0.249 e. The lowest BCUT2D eigenvalue weighted by atomic mass is 9.69. The highest BCUT2D eigenvalue weighted by Crippen LogP contribution is 2.70. The van der Waals surface area contributed by atoms with Gasteiger partial charge in [0.05, 0.1) is 15.7 Å². The summed E-state index contributed by atoms with van der Waals surface area (Å²) < 4.78 is 27.8. The third-order valence-electron chi connectivity index (χ3n) is 8.49. The lowest BCUT2D eigenvalue weighted by Crippen LogP contribution is -2.48. The SMILES string of the molecule is CC1(C)[C@@H]2CC[C@]13CS(=O)(=O)N(C(=O)C(I)C(CCC#C[Si](C)(C)C)CCC#C[Si](C)(C)C)[C@@H]3C2. The van der Waals surface area contributed by atoms with Crippen LogP contribution < -0.4 is 0 Å². The Hall–Kier alpha value is -0.296. The molecule has 196 valence electrons. The van der Waals surface area contributed by atoms with Crippen molar-refractivity contribution in [3.8, 4) is 22.9 Å². The molecule has 0 radical (unpaired) electrons. The molecule has 3 fully saturated rings. The quantitative estimate of drug-likeness (QED) is 0.152. The molecule has 4 atom stereocenters. The zero-order chi connectivity index (χ0) is 26.4. The van der Waals surface area contributed by atoms with Crippen LogP contribution in [0.3, 0.4) is 0 Å². The Morgan fingerprint density at radius 2 is 1.54 bits per heavy atom. The molecular formula is C27H44INO3SSi2. The molecule has 3 aliphatic rings. The van der Waals surface area contributed by atoms with Gasteiger partial charge in [-0.1, -0.05) is 75.7 Å². The summed E-state index contributed by atoms with van der Waals surface area (Å²) in [7, 11) is -6.48. The number of amides is 1. The summed E-state index contributed by atoms with van der Waals surface area (Å²) in [5, 5.41) is 0. The van der Waals surface area contributed by atoms with Crippen molar-refractivity contribution in [3.63, 3.8) is 0 Å². The van der Waals surface area contributed by atoms with Gasteiger partial charge in [-0.2, -0.15) is 0 Å². The minimum atomic E-state index is -3.59. The Kier molecular flexibility index (Phi) is 8.46. The van der Waals surface area contributed by atoms with E-state index < -0.39 is 26.2 Å². The molecule has 1 aliphatic heterocycles. The summed E-state index contributed by atoms with van der Waals surface area (Å²) in [5.41, 5.74) is 6.56. The predicted molar refractivity (Wildman–Crippen MR) is 160 cm³/mol. The molecule has 1 amide bonds. The van der Waals surface area contributed by atoms with Crippen LogP contribution in [0.15, 0.2) is 0 Å². The number of alkyl halides is 1. The number of carbonyl (C=O) groups excluding carboxylic acids is 1. The van der Waals surface area contributed by atoms with E-state index in [1.807, 2.05) is 0 Å². The van der Waals surface area contributed by atoms with Gasteiger partial charge in [0.2, 0.25) is 15.9 Å². The van der Waals surface area contributed by atoms with Crippen LogP contribution in [0.5, 0.6) is 0 Å². The lowest BCUT2D eigenvalue weighted by Gasteiger charge is -2.37. The normalized spacial score (nSPS) is 29.3. The molecule has 1 spiro atoms. The molecule has 0 aromatic heterocycles. The molecule has 1 heterocycles. The van der Waals surface area contributed by atoms with E-state index in [1.165, 1.54) is 4.31 Å². The molecule has 2 bridgehead atoms. The molecular weight excluding hydrogens is 601 g/mol. The van der Waals surface area contributed by atoms with Crippen molar-refractivity contribution in [2.24, 2.45) is 22.7 Å². The van der Waals surface area contributed by atoms with Gasteiger partial charge < -0.3 is 0 Å². The Bertz CT molecular complexity index is 1030. The summed E-state index contributed by atoms with van der Waals surface area (Å²) in [6.45, 7) is 17.9. The van der Waals surface area contributed by atoms with Crippen LogP contribution in [0.1, 0.15) is 58.8 Å². The predicted octanol–water partition coefficient (Wildman–Crippen LogP) is 6.10. The molecule has 35 heavy (non-hydrogen) atoms. The van der Waals surface area contributed by atoms with E-state index in [0.29, 0.717) is 5.92 Å². The first-order chi connectivity index (χ1) is 15.9. The van der Waals surface area contributed by atoms with Crippen LogP contribution in [0.2, 0.25) is 39.3 Å². The summed E-state index contributed by atoms with van der Waals surface area (Å²) in [4.78, 5) is 13.9. The van der Waals surface area contributed by atoms with Crippen LogP contribution in [-0.4, -0.2) is 50.5 Å². The van der Waals surface area contributed by atoms with Crippen molar-refractivity contribution >= 4 is 54.7 Å². The molecule has 1 unspecified atom stereocenters. The van der Waals surface area contributed by atoms with Crippen LogP contribution in [-0.2, 0) is 14.8 Å². The van der Waals surface area contributed by atoms with Crippen molar-refractivity contribution < 1.29 is 13.2 Å². The van der Waals surface area contributed by atoms with E-state index in [9.17, 15) is 13.2 Å². The maximum atomic E-state index is 13.9. The number of sulfonamides is 1. The first-order valence-corrected chi connectivity index (χ1v) is 23.0. The number of nitrogens with zero attached hydrogens (tertiary/aromatic N) is 1. The molecule has 8 heteroatoms. The zero-order valence-electron chi connectivity index (χ0n) is 22.9. The monoisotopic (exact) mass is 645 g/mol. The minimum absolute atomic E-state index is 0.0290. The van der Waals surface area contributed by atoms with Gasteiger partial charge in [-0.3, -0.25) is 4.79 Å². The third kappa shape index (κ3) is 6.07. The first-order valence-electron chi connectivity index (χ1n) is 13.1. The van der Waals surface area contributed by atoms with Gasteiger partial charge in [0.1, 0.15) is 16.1 Å². The van der Waals surface area contributed by atoms with E-state index in [2.05, 4.69) is 98.6 Å². The number of carbonyl (C=O) groups is 1. The van der Waals surface area contributed by atoms with Gasteiger partial charge in [-0.25, -0.2) is 12.7 Å². The molecule has 1 saturated heterocycles. The van der Waals surface area contributed by atoms with E-state index in [4.69, 9.17) is 0 Å². The Labute approximate surface area is 230 Å². The summed E-state index contributed by atoms with van der Waals surface area (Å²) in [6, 6.07) is -0.162. The second-order valence-electron chi connectivity index (χ2n) is 13.6. The Balaban J connectivity index is 1.81. The average molecular weight is 646 g/mol. The lowest BCUT2D eigenvalue weighted by molar-refractivity contribution is -0.129. The average Bonchev–Trinajstić information content (AvgIpc) is 3.17. The van der Waals surface area contributed by atoms with E-state index in [1.54, 1.807) is 0 Å². The molecule has 2 saturated carbocycles. The van der Waals surface area contributed by atoms with Crippen molar-refractivity contribution in [2.45, 2.75) is 108 Å². The van der Waals surface area contributed by atoms with Crippen LogP contribution in [0.25, 0.3) is 0 Å². The van der Waals surface area contributed by atoms with Gasteiger partial charge in [0.25, 0.3) is 0 Å². The number of halogens is 1. The fourth-order valence-corrected chi connectivity index (χ4v) is 11.6. The number of fused-ring (bicyclic) bond motifs is 1. The zero-order valence-corrected chi connectivity index (χ0v) is 27.9. The summed E-state index contributed by atoms with van der Waals surface area (Å²) in [6.07, 6.45) is 5.95. The number of hydrogen-bond acceptors (Lipinski definition) is 3. The van der Waals surface area contributed by atoms with Crippen molar-refractivity contribution in [3.05, 3.63) is 0 Å². The van der Waals surface area contributed by atoms with Gasteiger partial charge in [-0.15, -0.1) is 22.9 Å². The van der Waals surface area contributed by atoms with Crippen LogP contribution in [0, 0.1) is 45.6 Å². The Morgan fingerprint density at radius 1 is 1.03 bits per heavy atom. The van der Waals surface area contributed by atoms with E-state index in [0.717, 1.165) is 44.9 Å². The van der Waals surface area contributed by atoms with Crippen molar-refractivity contribution in [1.82, 2.24) is 4.31 Å². The Morgan fingerprint density at radius 3 is 2.00 bits per heavy atom.